The third kappa shape index (κ3) is 4.54. The Morgan fingerprint density at radius 1 is 1.13 bits per heavy atom. The Kier molecular flexibility index (Phi) is 5.30. The maximum Gasteiger partial charge on any atom is 0.337 e. The van der Waals surface area contributed by atoms with E-state index in [0.29, 0.717) is 11.3 Å². The van der Waals surface area contributed by atoms with Crippen molar-refractivity contribution >= 4 is 17.6 Å². The smallest absolute Gasteiger partial charge is 0.337 e. The summed E-state index contributed by atoms with van der Waals surface area (Å²) in [5, 5.41) is 2.63. The molecule has 0 spiro atoms. The molecule has 0 aliphatic rings. The lowest BCUT2D eigenvalue weighted by Crippen LogP contribution is -2.30. The molecular formula is C17H16FNO4. The highest BCUT2D eigenvalue weighted by molar-refractivity contribution is 5.96. The number of rotatable bonds is 5. The molecule has 1 amide bonds. The number of carbonyl (C=O) groups is 2. The number of hydrogen-bond acceptors (Lipinski definition) is 4. The molecule has 0 aliphatic heterocycles. The molecule has 1 atom stereocenters. The van der Waals surface area contributed by atoms with Gasteiger partial charge < -0.3 is 14.8 Å². The van der Waals surface area contributed by atoms with Crippen molar-refractivity contribution in [1.82, 2.24) is 0 Å². The van der Waals surface area contributed by atoms with Gasteiger partial charge in [0.2, 0.25) is 0 Å². The van der Waals surface area contributed by atoms with Crippen molar-refractivity contribution in [2.45, 2.75) is 13.0 Å². The van der Waals surface area contributed by atoms with Crippen LogP contribution >= 0.6 is 0 Å². The summed E-state index contributed by atoms with van der Waals surface area (Å²) in [5.74, 6) is -1.10. The topological polar surface area (TPSA) is 64.6 Å². The highest BCUT2D eigenvalue weighted by atomic mass is 19.1. The molecule has 2 rings (SSSR count). The van der Waals surface area contributed by atoms with Gasteiger partial charge in [-0.2, -0.15) is 0 Å². The molecule has 0 bridgehead atoms. The van der Waals surface area contributed by atoms with Gasteiger partial charge in [0.15, 0.2) is 6.10 Å². The van der Waals surface area contributed by atoms with Crippen molar-refractivity contribution in [3.8, 4) is 5.75 Å². The van der Waals surface area contributed by atoms with Crippen molar-refractivity contribution in [2.24, 2.45) is 0 Å². The lowest BCUT2D eigenvalue weighted by atomic mass is 10.2. The van der Waals surface area contributed by atoms with Crippen molar-refractivity contribution in [2.75, 3.05) is 12.4 Å². The average Bonchev–Trinajstić information content (AvgIpc) is 2.54. The van der Waals surface area contributed by atoms with Gasteiger partial charge in [0, 0.05) is 11.8 Å². The van der Waals surface area contributed by atoms with Gasteiger partial charge in [0.05, 0.1) is 12.7 Å². The van der Waals surface area contributed by atoms with Crippen molar-refractivity contribution < 1.29 is 23.5 Å². The summed E-state index contributed by atoms with van der Waals surface area (Å²) in [6.07, 6.45) is -0.835. The van der Waals surface area contributed by atoms with Gasteiger partial charge in [-0.05, 0) is 37.3 Å². The first-order chi connectivity index (χ1) is 11.0. The summed E-state index contributed by atoms with van der Waals surface area (Å²) in [6.45, 7) is 1.55. The van der Waals surface area contributed by atoms with E-state index in [9.17, 15) is 14.0 Å². The Morgan fingerprint density at radius 2 is 1.87 bits per heavy atom. The molecule has 0 aromatic heterocycles. The van der Waals surface area contributed by atoms with Crippen LogP contribution in [0.2, 0.25) is 0 Å². The zero-order valence-electron chi connectivity index (χ0n) is 12.7. The van der Waals surface area contributed by atoms with Crippen LogP contribution in [0.3, 0.4) is 0 Å². The summed E-state index contributed by atoms with van der Waals surface area (Å²) >= 11 is 0. The minimum Gasteiger partial charge on any atom is -0.481 e. The second kappa shape index (κ2) is 7.40. The fourth-order valence-corrected chi connectivity index (χ4v) is 1.88. The predicted octanol–water partition coefficient (Wildman–Crippen LogP) is 3.02. The second-order valence-electron chi connectivity index (χ2n) is 4.78. The quantitative estimate of drug-likeness (QED) is 0.861. The van der Waals surface area contributed by atoms with Gasteiger partial charge in [-0.3, -0.25) is 4.79 Å². The summed E-state index contributed by atoms with van der Waals surface area (Å²) in [4.78, 5) is 23.6. The van der Waals surface area contributed by atoms with E-state index in [4.69, 9.17) is 4.74 Å². The summed E-state index contributed by atoms with van der Waals surface area (Å²) in [7, 11) is 1.28. The number of methoxy groups -OCH3 is 1. The third-order valence-electron chi connectivity index (χ3n) is 3.03. The van der Waals surface area contributed by atoms with E-state index in [0.717, 1.165) is 0 Å². The number of ether oxygens (including phenoxy) is 2. The first kappa shape index (κ1) is 16.5. The van der Waals surface area contributed by atoms with Gasteiger partial charge >= 0.3 is 5.97 Å². The Balaban J connectivity index is 2.02. The Morgan fingerprint density at radius 3 is 2.57 bits per heavy atom. The van der Waals surface area contributed by atoms with Crippen LogP contribution in [-0.2, 0) is 9.53 Å². The largest absolute Gasteiger partial charge is 0.481 e. The summed E-state index contributed by atoms with van der Waals surface area (Å²) < 4.78 is 23.1. The molecule has 0 aliphatic carbocycles. The molecule has 0 saturated heterocycles. The number of amides is 1. The first-order valence-corrected chi connectivity index (χ1v) is 6.91. The fourth-order valence-electron chi connectivity index (χ4n) is 1.88. The van der Waals surface area contributed by atoms with E-state index < -0.39 is 23.8 Å². The van der Waals surface area contributed by atoms with E-state index in [2.05, 4.69) is 10.1 Å². The highest BCUT2D eigenvalue weighted by Gasteiger charge is 2.16. The number of benzene rings is 2. The van der Waals surface area contributed by atoms with Crippen LogP contribution in [0.15, 0.2) is 48.5 Å². The molecule has 2 aromatic carbocycles. The number of nitrogens with one attached hydrogen (secondary N) is 1. The molecule has 6 heteroatoms. The molecular weight excluding hydrogens is 301 g/mol. The molecule has 0 fully saturated rings. The Labute approximate surface area is 133 Å². The van der Waals surface area contributed by atoms with E-state index >= 15 is 0 Å². The predicted molar refractivity (Wildman–Crippen MR) is 82.9 cm³/mol. The molecule has 120 valence electrons. The number of esters is 1. The minimum atomic E-state index is -0.835. The average molecular weight is 317 g/mol. The SMILES string of the molecule is COC(=O)c1cccc(NC(=O)C(C)Oc2cccc(F)c2)c1. The van der Waals surface area contributed by atoms with Crippen LogP contribution in [0, 0.1) is 5.82 Å². The van der Waals surface area contributed by atoms with Gasteiger partial charge in [-0.15, -0.1) is 0 Å². The normalized spacial score (nSPS) is 11.4. The highest BCUT2D eigenvalue weighted by Crippen LogP contribution is 2.16. The Bertz CT molecular complexity index is 717. The number of halogens is 1. The molecule has 2 aromatic rings. The van der Waals surface area contributed by atoms with Crippen LogP contribution < -0.4 is 10.1 Å². The van der Waals surface area contributed by atoms with Crippen molar-refractivity contribution in [1.29, 1.82) is 0 Å². The van der Waals surface area contributed by atoms with Crippen LogP contribution in [0.4, 0.5) is 10.1 Å². The Hall–Kier alpha value is -2.89. The fraction of sp³-hybridized carbons (Fsp3) is 0.176. The van der Waals surface area contributed by atoms with E-state index in [1.54, 1.807) is 31.2 Å². The van der Waals surface area contributed by atoms with Gasteiger partial charge in [-0.25, -0.2) is 9.18 Å². The monoisotopic (exact) mass is 317 g/mol. The maximum absolute atomic E-state index is 13.1. The van der Waals surface area contributed by atoms with Crippen LogP contribution in [0.25, 0.3) is 0 Å². The lowest BCUT2D eigenvalue weighted by Gasteiger charge is -2.15. The van der Waals surface area contributed by atoms with Gasteiger partial charge in [-0.1, -0.05) is 12.1 Å². The molecule has 23 heavy (non-hydrogen) atoms. The van der Waals surface area contributed by atoms with Crippen molar-refractivity contribution in [3.05, 3.63) is 59.9 Å². The standard InChI is InChI=1S/C17H16FNO4/c1-11(23-15-8-4-6-13(18)10-15)16(20)19-14-7-3-5-12(9-14)17(21)22-2/h3-11H,1-2H3,(H,19,20). The first-order valence-electron chi connectivity index (χ1n) is 6.91. The zero-order valence-corrected chi connectivity index (χ0v) is 12.7. The molecule has 1 unspecified atom stereocenters. The van der Waals surface area contributed by atoms with Crippen LogP contribution in [0.1, 0.15) is 17.3 Å². The molecule has 0 radical (unpaired) electrons. The van der Waals surface area contributed by atoms with Crippen LogP contribution in [-0.4, -0.2) is 25.1 Å². The third-order valence-corrected chi connectivity index (χ3v) is 3.03. The summed E-state index contributed by atoms with van der Waals surface area (Å²) in [6, 6.07) is 11.9. The molecule has 0 saturated carbocycles. The van der Waals surface area contributed by atoms with Gasteiger partial charge in [0.1, 0.15) is 11.6 Å². The maximum atomic E-state index is 13.1. The molecule has 5 nitrogen and oxygen atoms in total. The van der Waals surface area contributed by atoms with E-state index in [-0.39, 0.29) is 5.75 Å². The zero-order chi connectivity index (χ0) is 16.8. The van der Waals surface area contributed by atoms with Crippen LogP contribution in [0.5, 0.6) is 5.75 Å². The molecule has 0 heterocycles. The number of anilines is 1. The minimum absolute atomic E-state index is 0.260. The number of carbonyl (C=O) groups excluding carboxylic acids is 2. The van der Waals surface area contributed by atoms with E-state index in [1.165, 1.54) is 31.4 Å². The number of hydrogen-bond donors (Lipinski definition) is 1. The van der Waals surface area contributed by atoms with Crippen molar-refractivity contribution in [3.63, 3.8) is 0 Å². The molecule has 1 N–H and O–H groups in total. The summed E-state index contributed by atoms with van der Waals surface area (Å²) in [5.41, 5.74) is 0.761. The lowest BCUT2D eigenvalue weighted by molar-refractivity contribution is -0.122. The van der Waals surface area contributed by atoms with E-state index in [1.807, 2.05) is 0 Å². The van der Waals surface area contributed by atoms with Gasteiger partial charge in [0.25, 0.3) is 5.91 Å². The second-order valence-corrected chi connectivity index (χ2v) is 4.78.